The fourth-order valence-electron chi connectivity index (χ4n) is 3.21. The van der Waals surface area contributed by atoms with E-state index in [2.05, 4.69) is 24.5 Å². The summed E-state index contributed by atoms with van der Waals surface area (Å²) in [7, 11) is 0. The number of ether oxygens (including phenoxy) is 2. The van der Waals surface area contributed by atoms with Gasteiger partial charge in [0.1, 0.15) is 5.69 Å². The summed E-state index contributed by atoms with van der Waals surface area (Å²) in [5.74, 6) is -3.54. The lowest BCUT2D eigenvalue weighted by molar-refractivity contribution is -0.0964. The molecule has 1 saturated heterocycles. The van der Waals surface area contributed by atoms with Crippen LogP contribution in [0.2, 0.25) is 0 Å². The third-order valence-electron chi connectivity index (χ3n) is 4.60. The third kappa shape index (κ3) is 4.13. The highest BCUT2D eigenvalue weighted by molar-refractivity contribution is 5.75. The van der Waals surface area contributed by atoms with E-state index in [4.69, 9.17) is 0 Å². The van der Waals surface area contributed by atoms with Gasteiger partial charge in [-0.25, -0.2) is 36.7 Å². The number of rotatable bonds is 5. The molecule has 3 aromatic rings. The van der Waals surface area contributed by atoms with Gasteiger partial charge >= 0.3 is 17.8 Å². The molecule has 0 spiro atoms. The monoisotopic (exact) mass is 458 g/mol. The molecule has 4 heterocycles. The van der Waals surface area contributed by atoms with Gasteiger partial charge in [-0.3, -0.25) is 9.78 Å². The molecular weight excluding hydrogens is 444 g/mol. The summed E-state index contributed by atoms with van der Waals surface area (Å²) in [6.45, 7) is -2.69. The summed E-state index contributed by atoms with van der Waals surface area (Å²) < 4.78 is 63.2. The second-order valence-electron chi connectivity index (χ2n) is 6.80. The first-order valence-electron chi connectivity index (χ1n) is 9.05. The van der Waals surface area contributed by atoms with Gasteiger partial charge < -0.3 is 19.4 Å². The minimum atomic E-state index is -3.54. The van der Waals surface area contributed by atoms with Crippen molar-refractivity contribution in [3.63, 3.8) is 0 Å². The number of anilines is 1. The van der Waals surface area contributed by atoms with Gasteiger partial charge in [0.25, 0.3) is 12.0 Å². The van der Waals surface area contributed by atoms with Crippen LogP contribution >= 0.6 is 0 Å². The molecule has 1 fully saturated rings. The SMILES string of the molecule is O=C(OCC(F)F)OC1CN(c2cc(-c3c[nH]c(=O)[nH]c3=O)nn3ccnc23)CC1(F)F. The molecule has 1 aliphatic rings. The number of carbonyl (C=O) groups is 1. The molecule has 4 rings (SSSR count). The first-order valence-corrected chi connectivity index (χ1v) is 9.05. The first kappa shape index (κ1) is 21.3. The van der Waals surface area contributed by atoms with Gasteiger partial charge in [-0.05, 0) is 6.07 Å². The Balaban J connectivity index is 1.66. The van der Waals surface area contributed by atoms with Gasteiger partial charge in [-0.1, -0.05) is 0 Å². The van der Waals surface area contributed by atoms with E-state index in [0.29, 0.717) is 0 Å². The van der Waals surface area contributed by atoms with Crippen LogP contribution in [0.15, 0.2) is 34.2 Å². The van der Waals surface area contributed by atoms with Crippen molar-refractivity contribution in [2.24, 2.45) is 0 Å². The number of hydrogen-bond acceptors (Lipinski definition) is 8. The molecular formula is C17H14F4N6O5. The molecule has 2 N–H and O–H groups in total. The van der Waals surface area contributed by atoms with Crippen molar-refractivity contribution in [2.45, 2.75) is 18.5 Å². The fourth-order valence-corrected chi connectivity index (χ4v) is 3.21. The maximum atomic E-state index is 14.5. The number of halogens is 4. The number of aromatic nitrogens is 5. The Kier molecular flexibility index (Phi) is 5.31. The molecule has 3 aromatic heterocycles. The van der Waals surface area contributed by atoms with Crippen LogP contribution in [0.4, 0.5) is 28.0 Å². The Morgan fingerprint density at radius 2 is 2.12 bits per heavy atom. The Bertz CT molecular complexity index is 1270. The Morgan fingerprint density at radius 1 is 1.34 bits per heavy atom. The molecule has 1 unspecified atom stereocenters. The van der Waals surface area contributed by atoms with Gasteiger partial charge in [-0.15, -0.1) is 0 Å². The van der Waals surface area contributed by atoms with Crippen LogP contribution in [0, 0.1) is 0 Å². The first-order chi connectivity index (χ1) is 15.1. The number of nitrogens with zero attached hydrogens (tertiary/aromatic N) is 4. The number of hydrogen-bond donors (Lipinski definition) is 2. The van der Waals surface area contributed by atoms with Crippen LogP contribution in [0.1, 0.15) is 0 Å². The Labute approximate surface area is 174 Å². The lowest BCUT2D eigenvalue weighted by atomic mass is 10.2. The largest absolute Gasteiger partial charge is 0.509 e. The van der Waals surface area contributed by atoms with Crippen LogP contribution in [-0.4, -0.2) is 68.9 Å². The fraction of sp³-hybridized carbons (Fsp3) is 0.353. The summed E-state index contributed by atoms with van der Waals surface area (Å²) in [5, 5.41) is 4.19. The average molecular weight is 458 g/mol. The van der Waals surface area contributed by atoms with Crippen LogP contribution < -0.4 is 16.1 Å². The van der Waals surface area contributed by atoms with Crippen LogP contribution in [0.25, 0.3) is 16.9 Å². The molecule has 170 valence electrons. The molecule has 1 atom stereocenters. The minimum absolute atomic E-state index is 0.0317. The van der Waals surface area contributed by atoms with Crippen LogP contribution in [-0.2, 0) is 9.47 Å². The molecule has 0 aliphatic carbocycles. The topological polar surface area (TPSA) is 135 Å². The number of alkyl halides is 4. The number of nitrogens with one attached hydrogen (secondary N) is 2. The summed E-state index contributed by atoms with van der Waals surface area (Å²) in [6.07, 6.45) is -2.68. The van der Waals surface area contributed by atoms with Gasteiger partial charge in [0.2, 0.25) is 0 Å². The van der Waals surface area contributed by atoms with Crippen molar-refractivity contribution in [1.29, 1.82) is 0 Å². The second-order valence-corrected chi connectivity index (χ2v) is 6.80. The van der Waals surface area contributed by atoms with E-state index in [1.165, 1.54) is 23.0 Å². The summed E-state index contributed by atoms with van der Waals surface area (Å²) in [4.78, 5) is 44.4. The van der Waals surface area contributed by atoms with Crippen molar-refractivity contribution in [1.82, 2.24) is 24.6 Å². The zero-order valence-electron chi connectivity index (χ0n) is 15.9. The van der Waals surface area contributed by atoms with E-state index in [0.717, 1.165) is 11.1 Å². The zero-order chi connectivity index (χ0) is 23.0. The highest BCUT2D eigenvalue weighted by atomic mass is 19.3. The molecule has 11 nitrogen and oxygen atoms in total. The van der Waals surface area contributed by atoms with E-state index >= 15 is 0 Å². The van der Waals surface area contributed by atoms with Crippen molar-refractivity contribution in [2.75, 3.05) is 24.6 Å². The number of H-pyrrole nitrogens is 2. The number of carbonyl (C=O) groups excluding carboxylic acids is 1. The van der Waals surface area contributed by atoms with Crippen LogP contribution in [0.3, 0.4) is 0 Å². The lowest BCUT2D eigenvalue weighted by Gasteiger charge is -2.19. The predicted octanol–water partition coefficient (Wildman–Crippen LogP) is 1.02. The molecule has 32 heavy (non-hydrogen) atoms. The van der Waals surface area contributed by atoms with Crippen molar-refractivity contribution < 1.29 is 31.8 Å². The van der Waals surface area contributed by atoms with E-state index in [-0.39, 0.29) is 22.6 Å². The molecule has 0 radical (unpaired) electrons. The third-order valence-corrected chi connectivity index (χ3v) is 4.60. The maximum Gasteiger partial charge on any atom is 0.509 e. The van der Waals surface area contributed by atoms with Crippen molar-refractivity contribution in [3.05, 3.63) is 45.5 Å². The molecule has 0 saturated carbocycles. The van der Waals surface area contributed by atoms with E-state index in [1.807, 2.05) is 4.98 Å². The zero-order valence-corrected chi connectivity index (χ0v) is 15.9. The highest BCUT2D eigenvalue weighted by Crippen LogP contribution is 2.35. The molecule has 0 amide bonds. The van der Waals surface area contributed by atoms with E-state index in [9.17, 15) is 31.9 Å². The highest BCUT2D eigenvalue weighted by Gasteiger charge is 2.51. The number of aromatic amines is 2. The average Bonchev–Trinajstić information content (AvgIpc) is 3.29. The van der Waals surface area contributed by atoms with Crippen molar-refractivity contribution >= 4 is 17.5 Å². The van der Waals surface area contributed by atoms with Gasteiger partial charge in [-0.2, -0.15) is 5.10 Å². The summed E-state index contributed by atoms with van der Waals surface area (Å²) in [5.41, 5.74) is -1.16. The van der Waals surface area contributed by atoms with Gasteiger partial charge in [0.05, 0.1) is 24.3 Å². The summed E-state index contributed by atoms with van der Waals surface area (Å²) in [6, 6.07) is 1.32. The Morgan fingerprint density at radius 3 is 2.84 bits per heavy atom. The maximum absolute atomic E-state index is 14.5. The second kappa shape index (κ2) is 7.97. The quantitative estimate of drug-likeness (QED) is 0.428. The smallest absolute Gasteiger partial charge is 0.428 e. The van der Waals surface area contributed by atoms with E-state index < -0.39 is 55.6 Å². The van der Waals surface area contributed by atoms with Gasteiger partial charge in [0.15, 0.2) is 18.4 Å². The minimum Gasteiger partial charge on any atom is -0.428 e. The van der Waals surface area contributed by atoms with Crippen molar-refractivity contribution in [3.8, 4) is 11.3 Å². The molecule has 0 aromatic carbocycles. The Hall–Kier alpha value is -3.91. The predicted molar refractivity (Wildman–Crippen MR) is 99.0 cm³/mol. The normalized spacial score (nSPS) is 17.8. The molecule has 0 bridgehead atoms. The number of fused-ring (bicyclic) bond motifs is 1. The lowest BCUT2D eigenvalue weighted by Crippen LogP contribution is -2.36. The van der Waals surface area contributed by atoms with E-state index in [1.54, 1.807) is 0 Å². The molecule has 15 heteroatoms. The van der Waals surface area contributed by atoms with Crippen LogP contribution in [0.5, 0.6) is 0 Å². The summed E-state index contributed by atoms with van der Waals surface area (Å²) >= 11 is 0. The molecule has 1 aliphatic heterocycles. The number of imidazole rings is 1. The van der Waals surface area contributed by atoms with Gasteiger partial charge in [0, 0.05) is 18.6 Å². The standard InChI is InChI=1S/C17H14F4N6O5/c18-12(19)6-31-16(30)32-11-5-26(7-17(11,20)21)10-3-9(25-27-2-1-22-13(10)27)8-4-23-15(29)24-14(8)28/h1-4,11-12H,5-7H2,(H2,23,24,28,29).